The summed E-state index contributed by atoms with van der Waals surface area (Å²) in [6.07, 6.45) is 1.70. The number of ether oxygens (including phenoxy) is 1. The minimum atomic E-state index is -0.163. The summed E-state index contributed by atoms with van der Waals surface area (Å²) < 4.78 is 9.97. The van der Waals surface area contributed by atoms with Crippen molar-refractivity contribution in [3.63, 3.8) is 0 Å². The summed E-state index contributed by atoms with van der Waals surface area (Å²) in [4.78, 5) is 15.6. The molecule has 0 unspecified atom stereocenters. The molecule has 1 saturated heterocycles. The summed E-state index contributed by atoms with van der Waals surface area (Å²) in [5.41, 5.74) is 0. The van der Waals surface area contributed by atoms with Gasteiger partial charge in [-0.1, -0.05) is 0 Å². The lowest BCUT2D eigenvalue weighted by molar-refractivity contribution is -0.142. The predicted octanol–water partition coefficient (Wildman–Crippen LogP) is 0.570. The van der Waals surface area contributed by atoms with Gasteiger partial charge in [0, 0.05) is 26.2 Å². The van der Waals surface area contributed by atoms with Crippen LogP contribution in [-0.2, 0) is 16.1 Å². The number of furan rings is 1. The molecule has 5 heteroatoms. The zero-order chi connectivity index (χ0) is 12.1. The van der Waals surface area contributed by atoms with Gasteiger partial charge in [-0.3, -0.25) is 14.6 Å². The molecule has 0 radical (unpaired) electrons. The Bertz CT molecular complexity index is 343. The molecular formula is C12H18N2O3. The Hall–Kier alpha value is -1.33. The lowest BCUT2D eigenvalue weighted by Gasteiger charge is -2.33. The van der Waals surface area contributed by atoms with Gasteiger partial charge in [-0.15, -0.1) is 0 Å². The maximum Gasteiger partial charge on any atom is 0.319 e. The van der Waals surface area contributed by atoms with Gasteiger partial charge in [-0.25, -0.2) is 0 Å². The monoisotopic (exact) mass is 238 g/mol. The molecule has 0 aliphatic carbocycles. The van der Waals surface area contributed by atoms with Crippen LogP contribution in [0.4, 0.5) is 0 Å². The third-order valence-corrected chi connectivity index (χ3v) is 3.00. The topological polar surface area (TPSA) is 45.9 Å². The van der Waals surface area contributed by atoms with Gasteiger partial charge >= 0.3 is 5.97 Å². The standard InChI is InChI=1S/C12H18N2O3/c1-16-12(15)10-14-6-4-13(5-7-14)9-11-3-2-8-17-11/h2-3,8H,4-7,9-10H2,1H3. The van der Waals surface area contributed by atoms with Gasteiger partial charge < -0.3 is 9.15 Å². The van der Waals surface area contributed by atoms with Crippen molar-refractivity contribution in [3.8, 4) is 0 Å². The zero-order valence-electron chi connectivity index (χ0n) is 10.1. The number of carbonyl (C=O) groups excluding carboxylic acids is 1. The molecule has 1 aromatic heterocycles. The Morgan fingerprint density at radius 2 is 2.06 bits per heavy atom. The molecule has 0 spiro atoms. The van der Waals surface area contributed by atoms with Crippen molar-refractivity contribution in [1.82, 2.24) is 9.80 Å². The predicted molar refractivity (Wildman–Crippen MR) is 62.4 cm³/mol. The minimum absolute atomic E-state index is 0.163. The van der Waals surface area contributed by atoms with E-state index in [4.69, 9.17) is 4.42 Å². The van der Waals surface area contributed by atoms with Crippen molar-refractivity contribution < 1.29 is 13.9 Å². The number of nitrogens with zero attached hydrogens (tertiary/aromatic N) is 2. The first kappa shape index (κ1) is 12.1. The number of methoxy groups -OCH3 is 1. The third kappa shape index (κ3) is 3.57. The molecule has 0 saturated carbocycles. The lowest BCUT2D eigenvalue weighted by atomic mass is 10.3. The summed E-state index contributed by atoms with van der Waals surface area (Å²) in [6.45, 7) is 4.95. The van der Waals surface area contributed by atoms with E-state index < -0.39 is 0 Å². The quantitative estimate of drug-likeness (QED) is 0.718. The fraction of sp³-hybridized carbons (Fsp3) is 0.583. The van der Waals surface area contributed by atoms with Crippen molar-refractivity contribution in [1.29, 1.82) is 0 Å². The van der Waals surface area contributed by atoms with Crippen LogP contribution >= 0.6 is 0 Å². The van der Waals surface area contributed by atoms with E-state index in [-0.39, 0.29) is 5.97 Å². The summed E-state index contributed by atoms with van der Waals surface area (Å²) in [5, 5.41) is 0. The van der Waals surface area contributed by atoms with Crippen LogP contribution in [0.1, 0.15) is 5.76 Å². The summed E-state index contributed by atoms with van der Waals surface area (Å²) >= 11 is 0. The molecular weight excluding hydrogens is 220 g/mol. The van der Waals surface area contributed by atoms with Crippen LogP contribution in [0, 0.1) is 0 Å². The second kappa shape index (κ2) is 5.84. The number of piperazine rings is 1. The smallest absolute Gasteiger partial charge is 0.319 e. The molecule has 5 nitrogen and oxygen atoms in total. The molecule has 0 aromatic carbocycles. The van der Waals surface area contributed by atoms with Gasteiger partial charge in [-0.2, -0.15) is 0 Å². The highest BCUT2D eigenvalue weighted by Gasteiger charge is 2.19. The van der Waals surface area contributed by atoms with E-state index in [1.54, 1.807) is 6.26 Å². The van der Waals surface area contributed by atoms with Crippen LogP contribution in [0.25, 0.3) is 0 Å². The number of hydrogen-bond acceptors (Lipinski definition) is 5. The fourth-order valence-corrected chi connectivity index (χ4v) is 1.98. The molecule has 0 amide bonds. The second-order valence-electron chi connectivity index (χ2n) is 4.21. The minimum Gasteiger partial charge on any atom is -0.468 e. The molecule has 2 rings (SSSR count). The van der Waals surface area contributed by atoms with Crippen molar-refractivity contribution in [2.24, 2.45) is 0 Å². The summed E-state index contributed by atoms with van der Waals surface area (Å²) in [7, 11) is 1.43. The van der Waals surface area contributed by atoms with E-state index in [1.807, 2.05) is 12.1 Å². The number of carbonyl (C=O) groups is 1. The molecule has 1 fully saturated rings. The van der Waals surface area contributed by atoms with Crippen molar-refractivity contribution >= 4 is 5.97 Å². The molecule has 0 bridgehead atoms. The molecule has 1 aliphatic heterocycles. The van der Waals surface area contributed by atoms with E-state index in [0.29, 0.717) is 6.54 Å². The second-order valence-corrected chi connectivity index (χ2v) is 4.21. The fourth-order valence-electron chi connectivity index (χ4n) is 1.98. The lowest BCUT2D eigenvalue weighted by Crippen LogP contribution is -2.47. The number of hydrogen-bond donors (Lipinski definition) is 0. The highest BCUT2D eigenvalue weighted by Crippen LogP contribution is 2.08. The third-order valence-electron chi connectivity index (χ3n) is 3.00. The van der Waals surface area contributed by atoms with Crippen LogP contribution in [0.3, 0.4) is 0 Å². The molecule has 0 atom stereocenters. The van der Waals surface area contributed by atoms with E-state index in [9.17, 15) is 4.79 Å². The summed E-state index contributed by atoms with van der Waals surface area (Å²) in [5.74, 6) is 0.830. The Morgan fingerprint density at radius 1 is 1.35 bits per heavy atom. The SMILES string of the molecule is COC(=O)CN1CCN(Cc2ccco2)CC1. The van der Waals surface area contributed by atoms with Gasteiger partial charge in [0.05, 0.1) is 26.5 Å². The molecule has 94 valence electrons. The van der Waals surface area contributed by atoms with Crippen LogP contribution in [0.5, 0.6) is 0 Å². The normalized spacial score (nSPS) is 18.2. The highest BCUT2D eigenvalue weighted by molar-refractivity contribution is 5.71. The van der Waals surface area contributed by atoms with Crippen molar-refractivity contribution in [2.75, 3.05) is 39.8 Å². The number of esters is 1. The van der Waals surface area contributed by atoms with Gasteiger partial charge in [-0.05, 0) is 12.1 Å². The van der Waals surface area contributed by atoms with E-state index in [1.165, 1.54) is 7.11 Å². The highest BCUT2D eigenvalue weighted by atomic mass is 16.5. The maximum absolute atomic E-state index is 11.1. The van der Waals surface area contributed by atoms with Crippen molar-refractivity contribution in [2.45, 2.75) is 6.54 Å². The van der Waals surface area contributed by atoms with Gasteiger partial charge in [0.2, 0.25) is 0 Å². The van der Waals surface area contributed by atoms with E-state index in [0.717, 1.165) is 38.5 Å². The zero-order valence-corrected chi connectivity index (χ0v) is 10.1. The Morgan fingerprint density at radius 3 is 2.65 bits per heavy atom. The van der Waals surface area contributed by atoms with Crippen LogP contribution in [-0.4, -0.2) is 55.6 Å². The first-order valence-electron chi connectivity index (χ1n) is 5.82. The molecule has 1 aliphatic rings. The van der Waals surface area contributed by atoms with E-state index >= 15 is 0 Å². The number of rotatable bonds is 4. The molecule has 2 heterocycles. The first-order chi connectivity index (χ1) is 8.28. The molecule has 17 heavy (non-hydrogen) atoms. The maximum atomic E-state index is 11.1. The average molecular weight is 238 g/mol. The average Bonchev–Trinajstić information content (AvgIpc) is 2.84. The largest absolute Gasteiger partial charge is 0.468 e. The molecule has 0 N–H and O–H groups in total. The van der Waals surface area contributed by atoms with Crippen molar-refractivity contribution in [3.05, 3.63) is 24.2 Å². The van der Waals surface area contributed by atoms with Crippen LogP contribution in [0.15, 0.2) is 22.8 Å². The van der Waals surface area contributed by atoms with Crippen LogP contribution < -0.4 is 0 Å². The van der Waals surface area contributed by atoms with Crippen LogP contribution in [0.2, 0.25) is 0 Å². The molecule has 1 aromatic rings. The van der Waals surface area contributed by atoms with Gasteiger partial charge in [0.1, 0.15) is 5.76 Å². The Kier molecular flexibility index (Phi) is 4.17. The van der Waals surface area contributed by atoms with Gasteiger partial charge in [0.15, 0.2) is 0 Å². The Balaban J connectivity index is 1.72. The summed E-state index contributed by atoms with van der Waals surface area (Å²) in [6, 6.07) is 3.89. The van der Waals surface area contributed by atoms with Gasteiger partial charge in [0.25, 0.3) is 0 Å². The first-order valence-corrected chi connectivity index (χ1v) is 5.82. The van der Waals surface area contributed by atoms with E-state index in [2.05, 4.69) is 14.5 Å². The Labute approximate surface area is 101 Å².